The Hall–Kier alpha value is -1.26. The van der Waals surface area contributed by atoms with Gasteiger partial charge in [0.05, 0.1) is 12.3 Å². The zero-order valence-corrected chi connectivity index (χ0v) is 9.50. The Morgan fingerprint density at radius 2 is 1.62 bits per heavy atom. The average molecular weight is 263 g/mol. The van der Waals surface area contributed by atoms with Gasteiger partial charge in [-0.1, -0.05) is 23.2 Å². The summed E-state index contributed by atoms with van der Waals surface area (Å²) >= 11 is 11.4. The number of halogens is 2. The number of hydrogen-bond donors (Lipinski definition) is 2. The number of rotatable bonds is 4. The van der Waals surface area contributed by atoms with Crippen LogP contribution in [0.5, 0.6) is 0 Å². The minimum absolute atomic E-state index is 0.277. The number of carbonyl (C=O) groups is 2. The van der Waals surface area contributed by atoms with Crippen LogP contribution in [0.3, 0.4) is 0 Å². The summed E-state index contributed by atoms with van der Waals surface area (Å²) in [5.41, 5.74) is 0.285. The number of carboxylic acids is 2. The third kappa shape index (κ3) is 3.40. The third-order valence-corrected chi connectivity index (χ3v) is 2.40. The van der Waals surface area contributed by atoms with E-state index in [-0.39, 0.29) is 15.6 Å². The van der Waals surface area contributed by atoms with Crippen molar-refractivity contribution < 1.29 is 19.8 Å². The second-order valence-electron chi connectivity index (χ2n) is 3.19. The van der Waals surface area contributed by atoms with Gasteiger partial charge in [-0.2, -0.15) is 0 Å². The third-order valence-electron chi connectivity index (χ3n) is 1.96. The fraction of sp³-hybridized carbons (Fsp3) is 0.200. The Bertz CT molecular complexity index is 411. The van der Waals surface area contributed by atoms with Gasteiger partial charge in [-0.25, -0.2) is 0 Å². The van der Waals surface area contributed by atoms with Gasteiger partial charge in [0.25, 0.3) is 0 Å². The van der Waals surface area contributed by atoms with E-state index in [1.807, 2.05) is 0 Å². The van der Waals surface area contributed by atoms with Gasteiger partial charge < -0.3 is 10.2 Å². The molecule has 0 radical (unpaired) electrons. The van der Waals surface area contributed by atoms with Gasteiger partial charge in [0.2, 0.25) is 0 Å². The maximum absolute atomic E-state index is 10.9. The molecule has 1 rings (SSSR count). The Morgan fingerprint density at radius 1 is 1.12 bits per heavy atom. The molecule has 1 unspecified atom stereocenters. The van der Waals surface area contributed by atoms with Gasteiger partial charge in [-0.15, -0.1) is 0 Å². The summed E-state index contributed by atoms with van der Waals surface area (Å²) in [5, 5.41) is 18.1. The first-order valence-electron chi connectivity index (χ1n) is 4.30. The van der Waals surface area contributed by atoms with Gasteiger partial charge in [0, 0.05) is 10.0 Å². The van der Waals surface area contributed by atoms with Crippen LogP contribution >= 0.6 is 23.2 Å². The van der Waals surface area contributed by atoms with Gasteiger partial charge >= 0.3 is 11.9 Å². The zero-order valence-electron chi connectivity index (χ0n) is 7.98. The largest absolute Gasteiger partial charge is 0.481 e. The molecule has 0 spiro atoms. The first-order chi connectivity index (χ1) is 7.40. The fourth-order valence-electron chi connectivity index (χ4n) is 1.30. The Kier molecular flexibility index (Phi) is 4.15. The summed E-state index contributed by atoms with van der Waals surface area (Å²) in [6.07, 6.45) is -0.508. The lowest BCUT2D eigenvalue weighted by molar-refractivity contribution is -0.145. The topological polar surface area (TPSA) is 74.6 Å². The Labute approximate surface area is 101 Å². The van der Waals surface area contributed by atoms with Crippen molar-refractivity contribution in [3.05, 3.63) is 33.8 Å². The normalized spacial score (nSPS) is 12.1. The van der Waals surface area contributed by atoms with E-state index in [1.54, 1.807) is 0 Å². The van der Waals surface area contributed by atoms with Crippen LogP contribution in [0.2, 0.25) is 10.0 Å². The zero-order chi connectivity index (χ0) is 12.3. The highest BCUT2D eigenvalue weighted by molar-refractivity contribution is 6.34. The fourth-order valence-corrected chi connectivity index (χ4v) is 1.84. The van der Waals surface area contributed by atoms with Gasteiger partial charge in [0.15, 0.2) is 0 Å². The number of benzene rings is 1. The smallest absolute Gasteiger partial charge is 0.311 e. The molecule has 1 aromatic carbocycles. The molecule has 0 aliphatic heterocycles. The van der Waals surface area contributed by atoms with Crippen molar-refractivity contribution in [1.82, 2.24) is 0 Å². The predicted molar refractivity (Wildman–Crippen MR) is 59.1 cm³/mol. The van der Waals surface area contributed by atoms with Crippen LogP contribution in [0, 0.1) is 0 Å². The molecule has 0 saturated carbocycles. The molecule has 2 N–H and O–H groups in total. The molecule has 4 nitrogen and oxygen atoms in total. The van der Waals surface area contributed by atoms with Crippen molar-refractivity contribution in [3.8, 4) is 0 Å². The van der Waals surface area contributed by atoms with Crippen LogP contribution in [0.15, 0.2) is 18.2 Å². The second-order valence-corrected chi connectivity index (χ2v) is 4.06. The van der Waals surface area contributed by atoms with Gasteiger partial charge in [-0.3, -0.25) is 9.59 Å². The van der Waals surface area contributed by atoms with Crippen molar-refractivity contribution in [1.29, 1.82) is 0 Å². The van der Waals surface area contributed by atoms with Crippen molar-refractivity contribution in [2.24, 2.45) is 0 Å². The first-order valence-corrected chi connectivity index (χ1v) is 5.06. The SMILES string of the molecule is O=C(O)CC(C(=O)O)c1cc(Cl)cc(Cl)c1. The molecule has 0 bridgehead atoms. The summed E-state index contributed by atoms with van der Waals surface area (Å²) in [5.74, 6) is -3.56. The molecule has 86 valence electrons. The highest BCUT2D eigenvalue weighted by Gasteiger charge is 2.23. The van der Waals surface area contributed by atoms with E-state index in [4.69, 9.17) is 33.4 Å². The summed E-state index contributed by atoms with van der Waals surface area (Å²) < 4.78 is 0. The van der Waals surface area contributed by atoms with E-state index in [9.17, 15) is 9.59 Å². The average Bonchev–Trinajstić information content (AvgIpc) is 2.11. The summed E-state index contributed by atoms with van der Waals surface area (Å²) in [6, 6.07) is 4.25. The highest BCUT2D eigenvalue weighted by Crippen LogP contribution is 2.27. The predicted octanol–water partition coefficient (Wildman–Crippen LogP) is 2.64. The summed E-state index contributed by atoms with van der Waals surface area (Å²) in [4.78, 5) is 21.4. The minimum Gasteiger partial charge on any atom is -0.481 e. The van der Waals surface area contributed by atoms with Gasteiger partial charge in [0.1, 0.15) is 0 Å². The standard InChI is InChI=1S/C10H8Cl2O4/c11-6-1-5(2-7(12)3-6)8(10(15)16)4-9(13)14/h1-3,8H,4H2,(H,13,14)(H,15,16). The van der Waals surface area contributed by atoms with Crippen molar-refractivity contribution in [2.75, 3.05) is 0 Å². The lowest BCUT2D eigenvalue weighted by atomic mass is 9.96. The molecule has 16 heavy (non-hydrogen) atoms. The number of hydrogen-bond acceptors (Lipinski definition) is 2. The molecule has 0 heterocycles. The molecule has 1 aromatic rings. The lowest BCUT2D eigenvalue weighted by Crippen LogP contribution is -2.15. The van der Waals surface area contributed by atoms with Crippen LogP contribution in [0.25, 0.3) is 0 Å². The van der Waals surface area contributed by atoms with Crippen LogP contribution in [-0.2, 0) is 9.59 Å². The van der Waals surface area contributed by atoms with E-state index >= 15 is 0 Å². The van der Waals surface area contributed by atoms with Crippen molar-refractivity contribution in [2.45, 2.75) is 12.3 Å². The maximum atomic E-state index is 10.9. The lowest BCUT2D eigenvalue weighted by Gasteiger charge is -2.10. The molecule has 0 aliphatic carbocycles. The monoisotopic (exact) mass is 262 g/mol. The van der Waals surface area contributed by atoms with Crippen molar-refractivity contribution in [3.63, 3.8) is 0 Å². The number of aliphatic carboxylic acids is 2. The van der Waals surface area contributed by atoms with Crippen molar-refractivity contribution >= 4 is 35.1 Å². The van der Waals surface area contributed by atoms with E-state index in [0.717, 1.165) is 0 Å². The van der Waals surface area contributed by atoms with Gasteiger partial charge in [-0.05, 0) is 23.8 Å². The number of carboxylic acid groups (broad SMARTS) is 2. The quantitative estimate of drug-likeness (QED) is 0.875. The van der Waals surface area contributed by atoms with Crippen LogP contribution in [-0.4, -0.2) is 22.2 Å². The van der Waals surface area contributed by atoms with E-state index in [0.29, 0.717) is 0 Å². The van der Waals surface area contributed by atoms with E-state index in [1.165, 1.54) is 18.2 Å². The summed E-state index contributed by atoms with van der Waals surface area (Å²) in [6.45, 7) is 0. The summed E-state index contributed by atoms with van der Waals surface area (Å²) in [7, 11) is 0. The maximum Gasteiger partial charge on any atom is 0.311 e. The Morgan fingerprint density at radius 3 is 2.00 bits per heavy atom. The van der Waals surface area contributed by atoms with E-state index < -0.39 is 24.3 Å². The molecule has 6 heteroatoms. The molecular weight excluding hydrogens is 255 g/mol. The molecule has 0 saturated heterocycles. The molecule has 0 aromatic heterocycles. The first kappa shape index (κ1) is 12.8. The van der Waals surface area contributed by atoms with Crippen LogP contribution < -0.4 is 0 Å². The molecule has 1 atom stereocenters. The minimum atomic E-state index is -1.22. The van der Waals surface area contributed by atoms with Crippen LogP contribution in [0.4, 0.5) is 0 Å². The Balaban J connectivity index is 3.10. The van der Waals surface area contributed by atoms with E-state index in [2.05, 4.69) is 0 Å². The second kappa shape index (κ2) is 5.18. The molecule has 0 fully saturated rings. The highest BCUT2D eigenvalue weighted by atomic mass is 35.5. The van der Waals surface area contributed by atoms with Crippen LogP contribution in [0.1, 0.15) is 17.9 Å². The molecule has 0 aliphatic rings. The molecule has 0 amide bonds. The molecular formula is C10H8Cl2O4.